The molecule has 0 radical (unpaired) electrons. The molecule has 2 N–H and O–H groups in total. The van der Waals surface area contributed by atoms with E-state index in [0.717, 1.165) is 27.7 Å². The molecule has 7 nitrogen and oxygen atoms in total. The second-order valence-corrected chi connectivity index (χ2v) is 7.86. The monoisotopic (exact) mass is 424 g/mol. The Labute approximate surface area is 181 Å². The van der Waals surface area contributed by atoms with Crippen molar-refractivity contribution >= 4 is 16.9 Å². The van der Waals surface area contributed by atoms with Crippen molar-refractivity contribution in [3.8, 4) is 17.2 Å². The van der Waals surface area contributed by atoms with Crippen molar-refractivity contribution in [3.05, 3.63) is 53.2 Å². The van der Waals surface area contributed by atoms with Crippen LogP contribution in [0.15, 0.2) is 36.4 Å². The standard InChI is InChI=1S/C24H28N2O5/c1-13(2)31-24(27)18-12-16-15-8-6-7-9-17(15)25-22(16)21(26-18)14-10-19(28-3)23(30-5)20(11-14)29-4/h6-11,13,18,21,25-26H,12H2,1-5H3/t18-,21-/m0/s1. The first kappa shape index (κ1) is 21.1. The van der Waals surface area contributed by atoms with Crippen LogP contribution in [0.5, 0.6) is 17.2 Å². The molecule has 0 aliphatic carbocycles. The summed E-state index contributed by atoms with van der Waals surface area (Å²) in [5.41, 5.74) is 4.05. The molecule has 164 valence electrons. The Hall–Kier alpha value is -3.19. The first-order valence-corrected chi connectivity index (χ1v) is 10.3. The number of carbonyl (C=O) groups is 1. The maximum atomic E-state index is 12.8. The van der Waals surface area contributed by atoms with Gasteiger partial charge in [-0.3, -0.25) is 10.1 Å². The molecule has 1 aromatic heterocycles. The molecular formula is C24H28N2O5. The fraction of sp³-hybridized carbons (Fsp3) is 0.375. The zero-order valence-corrected chi connectivity index (χ0v) is 18.4. The normalized spacial score (nSPS) is 18.0. The topological polar surface area (TPSA) is 81.8 Å². The molecule has 4 rings (SSSR count). The van der Waals surface area contributed by atoms with Crippen molar-refractivity contribution in [2.45, 2.75) is 38.5 Å². The van der Waals surface area contributed by atoms with E-state index < -0.39 is 6.04 Å². The Balaban J connectivity index is 1.86. The molecule has 1 aliphatic rings. The third-order valence-corrected chi connectivity index (χ3v) is 5.57. The van der Waals surface area contributed by atoms with Gasteiger partial charge < -0.3 is 23.9 Å². The van der Waals surface area contributed by atoms with Gasteiger partial charge in [-0.15, -0.1) is 0 Å². The van der Waals surface area contributed by atoms with Crippen molar-refractivity contribution < 1.29 is 23.7 Å². The fourth-order valence-electron chi connectivity index (χ4n) is 4.23. The summed E-state index contributed by atoms with van der Waals surface area (Å²) in [5.74, 6) is 1.38. The Bertz CT molecular complexity index is 1080. The number of ether oxygens (including phenoxy) is 4. The quantitative estimate of drug-likeness (QED) is 0.587. The van der Waals surface area contributed by atoms with E-state index in [9.17, 15) is 4.79 Å². The van der Waals surface area contributed by atoms with Gasteiger partial charge >= 0.3 is 5.97 Å². The van der Waals surface area contributed by atoms with Crippen molar-refractivity contribution in [1.82, 2.24) is 10.3 Å². The Morgan fingerprint density at radius 1 is 1.03 bits per heavy atom. The third-order valence-electron chi connectivity index (χ3n) is 5.57. The van der Waals surface area contributed by atoms with E-state index in [1.54, 1.807) is 21.3 Å². The lowest BCUT2D eigenvalue weighted by Gasteiger charge is -2.31. The zero-order valence-electron chi connectivity index (χ0n) is 18.4. The summed E-state index contributed by atoms with van der Waals surface area (Å²) in [5, 5.41) is 4.58. The van der Waals surface area contributed by atoms with Gasteiger partial charge in [-0.25, -0.2) is 0 Å². The summed E-state index contributed by atoms with van der Waals surface area (Å²) >= 11 is 0. The Kier molecular flexibility index (Phi) is 5.78. The van der Waals surface area contributed by atoms with Gasteiger partial charge in [0.05, 0.1) is 33.5 Å². The van der Waals surface area contributed by atoms with E-state index in [1.807, 2.05) is 44.2 Å². The van der Waals surface area contributed by atoms with Crippen molar-refractivity contribution in [1.29, 1.82) is 0 Å². The first-order valence-electron chi connectivity index (χ1n) is 10.3. The SMILES string of the molecule is COc1cc([C@@H]2N[C@H](C(=O)OC(C)C)Cc3c2[nH]c2ccccc32)cc(OC)c1OC. The minimum atomic E-state index is -0.474. The van der Waals surface area contributed by atoms with Crippen LogP contribution in [0, 0.1) is 0 Å². The van der Waals surface area contributed by atoms with Gasteiger partial charge in [-0.1, -0.05) is 18.2 Å². The average Bonchev–Trinajstić information content (AvgIpc) is 3.15. The number of methoxy groups -OCH3 is 3. The summed E-state index contributed by atoms with van der Waals surface area (Å²) in [4.78, 5) is 16.4. The van der Waals surface area contributed by atoms with Gasteiger partial charge in [0, 0.05) is 23.0 Å². The maximum absolute atomic E-state index is 12.8. The van der Waals surface area contributed by atoms with E-state index in [-0.39, 0.29) is 18.1 Å². The maximum Gasteiger partial charge on any atom is 0.323 e. The molecule has 7 heteroatoms. The molecule has 0 saturated heterocycles. The van der Waals surface area contributed by atoms with Crippen LogP contribution in [0.25, 0.3) is 10.9 Å². The van der Waals surface area contributed by atoms with Gasteiger partial charge in [-0.05, 0) is 43.2 Å². The molecule has 2 aromatic carbocycles. The van der Waals surface area contributed by atoms with Crippen LogP contribution < -0.4 is 19.5 Å². The number of H-pyrrole nitrogens is 1. The predicted molar refractivity (Wildman–Crippen MR) is 118 cm³/mol. The average molecular weight is 424 g/mol. The van der Waals surface area contributed by atoms with E-state index in [0.29, 0.717) is 23.7 Å². The predicted octanol–water partition coefficient (Wildman–Crippen LogP) is 3.75. The summed E-state index contributed by atoms with van der Waals surface area (Å²) in [6.45, 7) is 3.71. The van der Waals surface area contributed by atoms with E-state index in [1.165, 1.54) is 0 Å². The fourth-order valence-corrected chi connectivity index (χ4v) is 4.23. The van der Waals surface area contributed by atoms with Crippen LogP contribution in [0.4, 0.5) is 0 Å². The lowest BCUT2D eigenvalue weighted by atomic mass is 9.90. The van der Waals surface area contributed by atoms with Gasteiger partial charge in [0.15, 0.2) is 11.5 Å². The van der Waals surface area contributed by atoms with Crippen molar-refractivity contribution in [2.24, 2.45) is 0 Å². The molecule has 1 aliphatic heterocycles. The molecular weight excluding hydrogens is 396 g/mol. The van der Waals surface area contributed by atoms with Crippen LogP contribution in [-0.2, 0) is 16.0 Å². The van der Waals surface area contributed by atoms with Gasteiger partial charge in [0.1, 0.15) is 6.04 Å². The molecule has 3 aromatic rings. The Morgan fingerprint density at radius 2 is 1.71 bits per heavy atom. The molecule has 2 atom stereocenters. The molecule has 0 amide bonds. The number of aromatic nitrogens is 1. The van der Waals surface area contributed by atoms with Gasteiger partial charge in [0.25, 0.3) is 0 Å². The second kappa shape index (κ2) is 8.51. The minimum absolute atomic E-state index is 0.182. The number of aromatic amines is 1. The number of carbonyl (C=O) groups excluding carboxylic acids is 1. The molecule has 0 unspecified atom stereocenters. The molecule has 0 bridgehead atoms. The van der Waals surface area contributed by atoms with Crippen LogP contribution in [0.1, 0.15) is 36.7 Å². The second-order valence-electron chi connectivity index (χ2n) is 7.86. The summed E-state index contributed by atoms with van der Waals surface area (Å²) < 4.78 is 22.1. The van der Waals surface area contributed by atoms with Gasteiger partial charge in [-0.2, -0.15) is 0 Å². The summed E-state index contributed by atoms with van der Waals surface area (Å²) in [7, 11) is 4.76. The highest BCUT2D eigenvalue weighted by atomic mass is 16.5. The Morgan fingerprint density at radius 3 is 2.32 bits per heavy atom. The number of rotatable bonds is 6. The van der Waals surface area contributed by atoms with Crippen molar-refractivity contribution in [3.63, 3.8) is 0 Å². The lowest BCUT2D eigenvalue weighted by molar-refractivity contribution is -0.150. The highest BCUT2D eigenvalue weighted by molar-refractivity contribution is 5.87. The van der Waals surface area contributed by atoms with E-state index >= 15 is 0 Å². The van der Waals surface area contributed by atoms with Crippen LogP contribution in [0.3, 0.4) is 0 Å². The first-order chi connectivity index (χ1) is 15.0. The molecule has 2 heterocycles. The molecule has 31 heavy (non-hydrogen) atoms. The number of nitrogens with one attached hydrogen (secondary N) is 2. The lowest BCUT2D eigenvalue weighted by Crippen LogP contribution is -2.46. The molecule has 0 saturated carbocycles. The van der Waals surface area contributed by atoms with E-state index in [4.69, 9.17) is 18.9 Å². The number of hydrogen-bond acceptors (Lipinski definition) is 6. The summed E-state index contributed by atoms with van der Waals surface area (Å²) in [6, 6.07) is 11.2. The minimum Gasteiger partial charge on any atom is -0.493 e. The smallest absolute Gasteiger partial charge is 0.323 e. The van der Waals surface area contributed by atoms with Crippen LogP contribution >= 0.6 is 0 Å². The number of para-hydroxylation sites is 1. The number of hydrogen-bond donors (Lipinski definition) is 2. The van der Waals surface area contributed by atoms with E-state index in [2.05, 4.69) is 16.4 Å². The highest BCUT2D eigenvalue weighted by Gasteiger charge is 2.35. The number of fused-ring (bicyclic) bond motifs is 3. The van der Waals surface area contributed by atoms with Crippen molar-refractivity contribution in [2.75, 3.05) is 21.3 Å². The van der Waals surface area contributed by atoms with Crippen LogP contribution in [-0.4, -0.2) is 44.4 Å². The summed E-state index contributed by atoms with van der Waals surface area (Å²) in [6.07, 6.45) is 0.365. The van der Waals surface area contributed by atoms with Crippen LogP contribution in [0.2, 0.25) is 0 Å². The number of benzene rings is 2. The zero-order chi connectivity index (χ0) is 22.1. The molecule has 0 spiro atoms. The third kappa shape index (κ3) is 3.81. The largest absolute Gasteiger partial charge is 0.493 e. The number of esters is 1. The highest BCUT2D eigenvalue weighted by Crippen LogP contribution is 2.43. The molecule has 0 fully saturated rings. The van der Waals surface area contributed by atoms with Gasteiger partial charge in [0.2, 0.25) is 5.75 Å².